The summed E-state index contributed by atoms with van der Waals surface area (Å²) in [6.45, 7) is 1.02. The quantitative estimate of drug-likeness (QED) is 0.891. The Balaban J connectivity index is 2.30. The summed E-state index contributed by atoms with van der Waals surface area (Å²) < 4.78 is 6.68. The molecule has 18 heavy (non-hydrogen) atoms. The molecule has 0 radical (unpaired) electrons. The Hall–Kier alpha value is -0.540. The van der Waals surface area contributed by atoms with Gasteiger partial charge < -0.3 is 10.1 Å². The molecule has 1 aromatic carbocycles. The first-order valence-electron chi connectivity index (χ1n) is 6.77. The molecule has 0 spiro atoms. The minimum atomic E-state index is 0.686. The SMILES string of the molecule is CNCCc1cc(Br)c(OC)c(C2CCCC2)c1. The molecule has 0 aliphatic heterocycles. The van der Waals surface area contributed by atoms with Gasteiger partial charge in [0.15, 0.2) is 0 Å². The maximum absolute atomic E-state index is 5.59. The van der Waals surface area contributed by atoms with E-state index in [0.717, 1.165) is 23.2 Å². The van der Waals surface area contributed by atoms with Crippen molar-refractivity contribution in [2.75, 3.05) is 20.7 Å². The van der Waals surface area contributed by atoms with Crippen LogP contribution < -0.4 is 10.1 Å². The molecule has 0 aromatic heterocycles. The molecule has 0 heterocycles. The molecule has 100 valence electrons. The molecule has 1 N–H and O–H groups in total. The van der Waals surface area contributed by atoms with Crippen LogP contribution in [0.2, 0.25) is 0 Å². The Kier molecular flexibility index (Phi) is 5.07. The lowest BCUT2D eigenvalue weighted by molar-refractivity contribution is 0.402. The van der Waals surface area contributed by atoms with Crippen molar-refractivity contribution in [2.45, 2.75) is 38.0 Å². The van der Waals surface area contributed by atoms with Crippen molar-refractivity contribution < 1.29 is 4.74 Å². The van der Waals surface area contributed by atoms with Crippen LogP contribution in [0.5, 0.6) is 5.75 Å². The maximum atomic E-state index is 5.59. The van der Waals surface area contributed by atoms with Gasteiger partial charge in [0, 0.05) is 0 Å². The summed E-state index contributed by atoms with van der Waals surface area (Å²) in [5.74, 6) is 1.72. The highest BCUT2D eigenvalue weighted by molar-refractivity contribution is 9.10. The smallest absolute Gasteiger partial charge is 0.136 e. The van der Waals surface area contributed by atoms with Gasteiger partial charge in [-0.1, -0.05) is 18.9 Å². The van der Waals surface area contributed by atoms with Crippen LogP contribution in [0.1, 0.15) is 42.7 Å². The van der Waals surface area contributed by atoms with Crippen LogP contribution in [0.4, 0.5) is 0 Å². The first-order valence-corrected chi connectivity index (χ1v) is 7.56. The van der Waals surface area contributed by atoms with E-state index < -0.39 is 0 Å². The highest BCUT2D eigenvalue weighted by Gasteiger charge is 2.22. The number of likely N-dealkylation sites (N-methyl/N-ethyl adjacent to an activating group) is 1. The van der Waals surface area contributed by atoms with Gasteiger partial charge in [-0.15, -0.1) is 0 Å². The zero-order valence-corrected chi connectivity index (χ0v) is 12.8. The second-order valence-corrected chi connectivity index (χ2v) is 5.89. The van der Waals surface area contributed by atoms with E-state index in [1.165, 1.54) is 36.8 Å². The summed E-state index contributed by atoms with van der Waals surface area (Å²) in [6.07, 6.45) is 6.38. The van der Waals surface area contributed by atoms with E-state index >= 15 is 0 Å². The van der Waals surface area contributed by atoms with Crippen LogP contribution in [0.3, 0.4) is 0 Å². The Morgan fingerprint density at radius 3 is 2.67 bits per heavy atom. The van der Waals surface area contributed by atoms with Crippen LogP contribution >= 0.6 is 15.9 Å². The summed E-state index contributed by atoms with van der Waals surface area (Å²) in [4.78, 5) is 0. The molecule has 2 nitrogen and oxygen atoms in total. The zero-order valence-electron chi connectivity index (χ0n) is 11.3. The Morgan fingerprint density at radius 1 is 1.33 bits per heavy atom. The van der Waals surface area contributed by atoms with Crippen molar-refractivity contribution in [1.29, 1.82) is 0 Å². The standard InChI is InChI=1S/C15H22BrNO/c1-17-8-7-11-9-13(12-5-3-4-6-12)15(18-2)14(16)10-11/h9-10,12,17H,3-8H2,1-2H3. The molecule has 0 bridgehead atoms. The van der Waals surface area contributed by atoms with Crippen molar-refractivity contribution >= 4 is 15.9 Å². The predicted octanol–water partition coefficient (Wildman–Crippen LogP) is 3.88. The van der Waals surface area contributed by atoms with E-state index in [-0.39, 0.29) is 0 Å². The minimum absolute atomic E-state index is 0.686. The number of hydrogen-bond acceptors (Lipinski definition) is 2. The van der Waals surface area contributed by atoms with Crippen LogP contribution in [0, 0.1) is 0 Å². The van der Waals surface area contributed by atoms with Crippen molar-refractivity contribution in [2.24, 2.45) is 0 Å². The molecular formula is C15H22BrNO. The third kappa shape index (κ3) is 3.07. The lowest BCUT2D eigenvalue weighted by atomic mass is 9.94. The largest absolute Gasteiger partial charge is 0.495 e. The second kappa shape index (κ2) is 6.58. The number of ether oxygens (including phenoxy) is 1. The molecule has 0 unspecified atom stereocenters. The molecular weight excluding hydrogens is 290 g/mol. The van der Waals surface area contributed by atoms with Gasteiger partial charge in [0.2, 0.25) is 0 Å². The lowest BCUT2D eigenvalue weighted by Crippen LogP contribution is -2.11. The van der Waals surface area contributed by atoms with E-state index in [4.69, 9.17) is 4.74 Å². The average molecular weight is 312 g/mol. The van der Waals surface area contributed by atoms with Crippen molar-refractivity contribution in [1.82, 2.24) is 5.32 Å². The fourth-order valence-electron chi connectivity index (χ4n) is 2.84. The summed E-state index contributed by atoms with van der Waals surface area (Å²) in [7, 11) is 3.77. The molecule has 1 aromatic rings. The molecule has 0 saturated heterocycles. The zero-order chi connectivity index (χ0) is 13.0. The van der Waals surface area contributed by atoms with Gasteiger partial charge in [0.1, 0.15) is 5.75 Å². The third-order valence-electron chi connectivity index (χ3n) is 3.79. The lowest BCUT2D eigenvalue weighted by Gasteiger charge is -2.17. The highest BCUT2D eigenvalue weighted by atomic mass is 79.9. The predicted molar refractivity (Wildman–Crippen MR) is 79.5 cm³/mol. The maximum Gasteiger partial charge on any atom is 0.136 e. The van der Waals surface area contributed by atoms with Gasteiger partial charge in [-0.2, -0.15) is 0 Å². The first kappa shape index (κ1) is 13.9. The van der Waals surface area contributed by atoms with Gasteiger partial charge in [0.25, 0.3) is 0 Å². The molecule has 1 aliphatic carbocycles. The average Bonchev–Trinajstić information content (AvgIpc) is 2.89. The Bertz CT molecular complexity index is 400. The second-order valence-electron chi connectivity index (χ2n) is 5.04. The van der Waals surface area contributed by atoms with Gasteiger partial charge in [0.05, 0.1) is 11.6 Å². The summed E-state index contributed by atoms with van der Waals surface area (Å²) in [6, 6.07) is 4.53. The van der Waals surface area contributed by atoms with Crippen LogP contribution in [0.15, 0.2) is 16.6 Å². The fraction of sp³-hybridized carbons (Fsp3) is 0.600. The van der Waals surface area contributed by atoms with Crippen LogP contribution in [-0.2, 0) is 6.42 Å². The number of hydrogen-bond donors (Lipinski definition) is 1. The number of nitrogens with one attached hydrogen (secondary N) is 1. The summed E-state index contributed by atoms with van der Waals surface area (Å²) >= 11 is 3.65. The minimum Gasteiger partial charge on any atom is -0.495 e. The molecule has 2 rings (SSSR count). The third-order valence-corrected chi connectivity index (χ3v) is 4.38. The number of halogens is 1. The number of methoxy groups -OCH3 is 1. The molecule has 3 heteroatoms. The van der Waals surface area contributed by atoms with Gasteiger partial charge in [-0.05, 0) is 71.9 Å². The van der Waals surface area contributed by atoms with E-state index in [0.29, 0.717) is 5.92 Å². The van der Waals surface area contributed by atoms with Gasteiger partial charge in [-0.3, -0.25) is 0 Å². The van der Waals surface area contributed by atoms with Crippen LogP contribution in [-0.4, -0.2) is 20.7 Å². The van der Waals surface area contributed by atoms with Gasteiger partial charge in [-0.25, -0.2) is 0 Å². The van der Waals surface area contributed by atoms with E-state index in [9.17, 15) is 0 Å². The summed E-state index contributed by atoms with van der Waals surface area (Å²) in [5, 5.41) is 3.21. The molecule has 1 fully saturated rings. The van der Waals surface area contributed by atoms with Crippen molar-refractivity contribution in [3.05, 3.63) is 27.7 Å². The molecule has 1 saturated carbocycles. The topological polar surface area (TPSA) is 21.3 Å². The Morgan fingerprint density at radius 2 is 2.06 bits per heavy atom. The van der Waals surface area contributed by atoms with Crippen molar-refractivity contribution in [3.63, 3.8) is 0 Å². The molecule has 0 amide bonds. The van der Waals surface area contributed by atoms with Crippen molar-refractivity contribution in [3.8, 4) is 5.75 Å². The van der Waals surface area contributed by atoms with E-state index in [1.807, 2.05) is 7.05 Å². The first-order chi connectivity index (χ1) is 8.76. The Labute approximate surface area is 118 Å². The van der Waals surface area contributed by atoms with E-state index in [1.54, 1.807) is 7.11 Å². The fourth-order valence-corrected chi connectivity index (χ4v) is 3.53. The van der Waals surface area contributed by atoms with E-state index in [2.05, 4.69) is 33.4 Å². The molecule has 0 atom stereocenters. The molecule has 1 aliphatic rings. The number of rotatable bonds is 5. The number of benzene rings is 1. The summed E-state index contributed by atoms with van der Waals surface area (Å²) in [5.41, 5.74) is 2.79. The van der Waals surface area contributed by atoms with Crippen LogP contribution in [0.25, 0.3) is 0 Å². The van der Waals surface area contributed by atoms with Gasteiger partial charge >= 0.3 is 0 Å². The highest BCUT2D eigenvalue weighted by Crippen LogP contribution is 2.42. The normalized spacial score (nSPS) is 16.2. The monoisotopic (exact) mass is 311 g/mol.